The molecular formula is C24H30N4O2S2. The first-order valence-corrected chi connectivity index (χ1v) is 13.2. The lowest BCUT2D eigenvalue weighted by Crippen LogP contribution is -2.32. The molecule has 2 aliphatic rings. The summed E-state index contributed by atoms with van der Waals surface area (Å²) >= 11 is 2.99. The summed E-state index contributed by atoms with van der Waals surface area (Å²) in [5.74, 6) is 0.703. The molecule has 3 heterocycles. The molecule has 170 valence electrons. The summed E-state index contributed by atoms with van der Waals surface area (Å²) in [5, 5.41) is 4.72. The summed E-state index contributed by atoms with van der Waals surface area (Å²) in [7, 11) is 0. The summed E-state index contributed by atoms with van der Waals surface area (Å²) in [4.78, 5) is 36.4. The summed E-state index contributed by atoms with van der Waals surface area (Å²) in [6.45, 7) is 1.41. The maximum atomic E-state index is 13.3. The number of nitrogens with zero attached hydrogens (tertiary/aromatic N) is 3. The number of primary amides is 1. The number of thiazole rings is 1. The van der Waals surface area contributed by atoms with E-state index >= 15 is 0 Å². The average molecular weight is 471 g/mol. The number of aliphatic imine (C=N–C) groups is 1. The van der Waals surface area contributed by atoms with Gasteiger partial charge in [-0.2, -0.15) is 0 Å². The molecule has 4 rings (SSSR count). The molecule has 0 spiro atoms. The van der Waals surface area contributed by atoms with E-state index in [1.165, 1.54) is 41.1 Å². The van der Waals surface area contributed by atoms with E-state index < -0.39 is 0 Å². The third-order valence-corrected chi connectivity index (χ3v) is 8.13. The first-order chi connectivity index (χ1) is 15.6. The number of allylic oxidation sites excluding steroid dienone is 1. The van der Waals surface area contributed by atoms with E-state index in [-0.39, 0.29) is 11.8 Å². The highest BCUT2D eigenvalue weighted by Crippen LogP contribution is 2.36. The van der Waals surface area contributed by atoms with Gasteiger partial charge in [-0.05, 0) is 60.6 Å². The zero-order chi connectivity index (χ0) is 22.3. The van der Waals surface area contributed by atoms with E-state index in [9.17, 15) is 9.59 Å². The maximum absolute atomic E-state index is 13.3. The number of hydrogen-bond acceptors (Lipinski definition) is 6. The molecule has 2 aromatic heterocycles. The Balaban J connectivity index is 1.46. The van der Waals surface area contributed by atoms with Crippen molar-refractivity contribution in [3.63, 3.8) is 0 Å². The Morgan fingerprint density at radius 1 is 1.19 bits per heavy atom. The number of nitrogens with two attached hydrogens (primary N) is 1. The van der Waals surface area contributed by atoms with Crippen LogP contribution in [0, 0.1) is 11.8 Å². The Kier molecular flexibility index (Phi) is 7.86. The van der Waals surface area contributed by atoms with E-state index in [0.29, 0.717) is 24.8 Å². The van der Waals surface area contributed by atoms with Crippen molar-refractivity contribution in [2.24, 2.45) is 22.6 Å². The van der Waals surface area contributed by atoms with E-state index in [2.05, 4.69) is 4.99 Å². The predicted octanol–water partition coefficient (Wildman–Crippen LogP) is 5.17. The number of rotatable bonds is 9. The molecule has 0 saturated heterocycles. The van der Waals surface area contributed by atoms with E-state index in [1.54, 1.807) is 0 Å². The van der Waals surface area contributed by atoms with Gasteiger partial charge in [-0.1, -0.05) is 25.3 Å². The van der Waals surface area contributed by atoms with Gasteiger partial charge in [-0.3, -0.25) is 19.5 Å². The number of carbonyl (C=O) groups is 2. The molecule has 2 N–H and O–H groups in total. The third kappa shape index (κ3) is 5.72. The SMILES string of the molecule is NC(=O)CC1CCCCC1CCCN(C(=O)c1cccs1)c1nc(C2=CC=NCC2)cs1. The van der Waals surface area contributed by atoms with Crippen LogP contribution in [0.3, 0.4) is 0 Å². The molecule has 1 aliphatic heterocycles. The first-order valence-electron chi connectivity index (χ1n) is 11.4. The minimum Gasteiger partial charge on any atom is -0.370 e. The van der Waals surface area contributed by atoms with Gasteiger partial charge in [0, 0.05) is 31.1 Å². The second kappa shape index (κ2) is 11.0. The maximum Gasteiger partial charge on any atom is 0.270 e. The Morgan fingerprint density at radius 3 is 2.75 bits per heavy atom. The molecule has 1 saturated carbocycles. The van der Waals surface area contributed by atoms with Crippen LogP contribution in [0.5, 0.6) is 0 Å². The quantitative estimate of drug-likeness (QED) is 0.548. The second-order valence-corrected chi connectivity index (χ2v) is 10.3. The van der Waals surface area contributed by atoms with Gasteiger partial charge in [0.05, 0.1) is 10.6 Å². The Bertz CT molecular complexity index is 980. The van der Waals surface area contributed by atoms with Crippen LogP contribution in [-0.2, 0) is 4.79 Å². The molecule has 0 radical (unpaired) electrons. The highest BCUT2D eigenvalue weighted by molar-refractivity contribution is 7.14. The van der Waals surface area contributed by atoms with Gasteiger partial charge in [-0.25, -0.2) is 4.98 Å². The predicted molar refractivity (Wildman–Crippen MR) is 133 cm³/mol. The minimum absolute atomic E-state index is 0.0115. The van der Waals surface area contributed by atoms with Gasteiger partial charge in [0.1, 0.15) is 0 Å². The zero-order valence-corrected chi connectivity index (χ0v) is 19.9. The number of anilines is 1. The lowest BCUT2D eigenvalue weighted by molar-refractivity contribution is -0.119. The van der Waals surface area contributed by atoms with Crippen molar-refractivity contribution in [1.82, 2.24) is 4.98 Å². The normalized spacial score (nSPS) is 20.7. The topological polar surface area (TPSA) is 88.7 Å². The van der Waals surface area contributed by atoms with Crippen molar-refractivity contribution in [2.75, 3.05) is 18.0 Å². The van der Waals surface area contributed by atoms with E-state index in [0.717, 1.165) is 54.4 Å². The molecule has 32 heavy (non-hydrogen) atoms. The summed E-state index contributed by atoms with van der Waals surface area (Å²) < 4.78 is 0. The molecule has 6 nitrogen and oxygen atoms in total. The van der Waals surface area contributed by atoms with Crippen LogP contribution in [0.2, 0.25) is 0 Å². The van der Waals surface area contributed by atoms with Gasteiger partial charge in [0.2, 0.25) is 5.91 Å². The molecule has 2 unspecified atom stereocenters. The van der Waals surface area contributed by atoms with Crippen molar-refractivity contribution in [2.45, 2.75) is 51.4 Å². The van der Waals surface area contributed by atoms with Crippen molar-refractivity contribution in [1.29, 1.82) is 0 Å². The van der Waals surface area contributed by atoms with E-state index in [1.807, 2.05) is 40.1 Å². The van der Waals surface area contributed by atoms with Crippen LogP contribution in [-0.4, -0.2) is 36.1 Å². The monoisotopic (exact) mass is 470 g/mol. The third-order valence-electron chi connectivity index (χ3n) is 6.41. The lowest BCUT2D eigenvalue weighted by Gasteiger charge is -2.31. The van der Waals surface area contributed by atoms with Gasteiger partial charge in [-0.15, -0.1) is 22.7 Å². The van der Waals surface area contributed by atoms with Crippen molar-refractivity contribution < 1.29 is 9.59 Å². The highest BCUT2D eigenvalue weighted by atomic mass is 32.1. The fourth-order valence-electron chi connectivity index (χ4n) is 4.76. The number of thiophene rings is 1. The highest BCUT2D eigenvalue weighted by Gasteiger charge is 2.27. The van der Waals surface area contributed by atoms with Crippen molar-refractivity contribution in [3.8, 4) is 0 Å². The molecule has 1 fully saturated rings. The largest absolute Gasteiger partial charge is 0.370 e. The number of carbonyl (C=O) groups excluding carboxylic acids is 2. The number of hydrogen-bond donors (Lipinski definition) is 1. The molecule has 1 aliphatic carbocycles. The van der Waals surface area contributed by atoms with Crippen LogP contribution < -0.4 is 10.6 Å². The summed E-state index contributed by atoms with van der Waals surface area (Å²) in [5.41, 5.74) is 7.59. The molecular weight excluding hydrogens is 440 g/mol. The Labute approximate surface area is 197 Å². The van der Waals surface area contributed by atoms with Gasteiger partial charge >= 0.3 is 0 Å². The van der Waals surface area contributed by atoms with Crippen LogP contribution in [0.1, 0.15) is 66.7 Å². The molecule has 8 heteroatoms. The second-order valence-electron chi connectivity index (χ2n) is 8.56. The van der Waals surface area contributed by atoms with Gasteiger partial charge < -0.3 is 5.73 Å². The standard InChI is InChI=1S/C24H30N4O2S2/c25-22(29)15-19-6-2-1-5-17(19)7-3-13-28(23(30)21-8-4-14-31-21)24-27-20(16-32-24)18-9-11-26-12-10-18/h4,8-9,11,14,16-17,19H,1-3,5-7,10,12-13,15H2,(H2,25,29). The summed E-state index contributed by atoms with van der Waals surface area (Å²) in [6.07, 6.45) is 11.7. The lowest BCUT2D eigenvalue weighted by atomic mass is 9.75. The molecule has 0 bridgehead atoms. The van der Waals surface area contributed by atoms with E-state index in [4.69, 9.17) is 10.7 Å². The fourth-order valence-corrected chi connectivity index (χ4v) is 6.30. The Morgan fingerprint density at radius 2 is 2.03 bits per heavy atom. The average Bonchev–Trinajstić information content (AvgIpc) is 3.50. The van der Waals surface area contributed by atoms with Gasteiger partial charge in [0.15, 0.2) is 5.13 Å². The molecule has 2 aromatic rings. The molecule has 0 aromatic carbocycles. The van der Waals surface area contributed by atoms with Crippen LogP contribution in [0.15, 0.2) is 34.0 Å². The number of aromatic nitrogens is 1. The van der Waals surface area contributed by atoms with Crippen molar-refractivity contribution >= 4 is 51.4 Å². The van der Waals surface area contributed by atoms with Crippen molar-refractivity contribution in [3.05, 3.63) is 39.5 Å². The van der Waals surface area contributed by atoms with Crippen LogP contribution in [0.4, 0.5) is 5.13 Å². The molecule has 2 atom stereocenters. The fraction of sp³-hybridized carbons (Fsp3) is 0.500. The smallest absolute Gasteiger partial charge is 0.270 e. The summed E-state index contributed by atoms with van der Waals surface area (Å²) in [6, 6.07) is 3.78. The van der Waals surface area contributed by atoms with Crippen LogP contribution in [0.25, 0.3) is 5.57 Å². The van der Waals surface area contributed by atoms with Gasteiger partial charge in [0.25, 0.3) is 5.91 Å². The van der Waals surface area contributed by atoms with Crippen LogP contribution >= 0.6 is 22.7 Å². The number of dihydropyridines is 1. The first kappa shape index (κ1) is 22.9. The minimum atomic E-state index is -0.200. The zero-order valence-electron chi connectivity index (χ0n) is 18.2. The Hall–Kier alpha value is -2.32. The number of amides is 2. The molecule has 2 amide bonds.